The van der Waals surface area contributed by atoms with Crippen LogP contribution < -0.4 is 5.32 Å². The summed E-state index contributed by atoms with van der Waals surface area (Å²) in [6, 6.07) is 22.8. The van der Waals surface area contributed by atoms with E-state index in [9.17, 15) is 13.2 Å². The molecule has 196 valence electrons. The molecule has 3 aromatic carbocycles. The molecular formula is C28H31NO7S. The summed E-state index contributed by atoms with van der Waals surface area (Å²) in [5.41, 5.74) is 5.66. The standard InChI is InChI=1S/C28H31NO7S/c1-21-10-12-22(13-11-21)37(31,32)36-19-18-34-17-16-33-15-14-29-28(30)35-20-27-25-8-4-2-6-23(25)24-7-3-5-9-26(24)27/h2-13,27H,14-20H2,1H3,(H,29,30). The van der Waals surface area contributed by atoms with Crippen molar-refractivity contribution in [3.63, 3.8) is 0 Å². The van der Waals surface area contributed by atoms with Crippen LogP contribution in [-0.2, 0) is 28.5 Å². The quantitative estimate of drug-likeness (QED) is 0.263. The van der Waals surface area contributed by atoms with Crippen LogP contribution in [0.25, 0.3) is 11.1 Å². The molecule has 0 heterocycles. The highest BCUT2D eigenvalue weighted by Crippen LogP contribution is 2.44. The third kappa shape index (κ3) is 7.17. The van der Waals surface area contributed by atoms with Gasteiger partial charge in [0.2, 0.25) is 0 Å². The van der Waals surface area contributed by atoms with Gasteiger partial charge >= 0.3 is 6.09 Å². The predicted octanol–water partition coefficient (Wildman–Crippen LogP) is 4.27. The molecule has 0 saturated carbocycles. The number of ether oxygens (including phenoxy) is 3. The Bertz CT molecular complexity index is 1250. The molecule has 8 nitrogen and oxygen atoms in total. The Morgan fingerprint density at radius 1 is 0.784 bits per heavy atom. The molecule has 1 aliphatic rings. The number of hydrogen-bond donors (Lipinski definition) is 1. The molecule has 0 spiro atoms. The van der Waals surface area contributed by atoms with E-state index in [-0.39, 0.29) is 37.2 Å². The van der Waals surface area contributed by atoms with Crippen molar-refractivity contribution in [1.29, 1.82) is 0 Å². The Morgan fingerprint density at radius 2 is 1.35 bits per heavy atom. The van der Waals surface area contributed by atoms with Gasteiger partial charge in [-0.1, -0.05) is 66.2 Å². The number of aryl methyl sites for hydroxylation is 1. The SMILES string of the molecule is Cc1ccc(S(=O)(=O)OCCOCCOCCNC(=O)OCC2c3ccccc3-c3ccccc32)cc1. The van der Waals surface area contributed by atoms with Crippen LogP contribution >= 0.6 is 0 Å². The summed E-state index contributed by atoms with van der Waals surface area (Å²) in [6.45, 7) is 3.35. The third-order valence-electron chi connectivity index (χ3n) is 6.01. The zero-order valence-electron chi connectivity index (χ0n) is 20.7. The minimum atomic E-state index is -3.79. The second kappa shape index (κ2) is 12.8. The summed E-state index contributed by atoms with van der Waals surface area (Å²) >= 11 is 0. The van der Waals surface area contributed by atoms with Gasteiger partial charge in [-0.15, -0.1) is 0 Å². The van der Waals surface area contributed by atoms with Crippen molar-refractivity contribution < 1.29 is 31.6 Å². The van der Waals surface area contributed by atoms with Crippen LogP contribution in [0.15, 0.2) is 77.7 Å². The van der Waals surface area contributed by atoms with Crippen molar-refractivity contribution in [2.24, 2.45) is 0 Å². The summed E-state index contributed by atoms with van der Waals surface area (Å²) in [5.74, 6) is 0.0161. The van der Waals surface area contributed by atoms with Gasteiger partial charge in [0.1, 0.15) is 6.61 Å². The Morgan fingerprint density at radius 3 is 2.00 bits per heavy atom. The number of alkyl carbamates (subject to hydrolysis) is 1. The summed E-state index contributed by atoms with van der Waals surface area (Å²) in [4.78, 5) is 12.3. The molecule has 1 N–H and O–H groups in total. The van der Waals surface area contributed by atoms with E-state index in [4.69, 9.17) is 18.4 Å². The molecule has 0 radical (unpaired) electrons. The van der Waals surface area contributed by atoms with Gasteiger partial charge in [0.15, 0.2) is 0 Å². The molecule has 0 fully saturated rings. The van der Waals surface area contributed by atoms with Crippen molar-refractivity contribution in [1.82, 2.24) is 5.32 Å². The number of carbonyl (C=O) groups excluding carboxylic acids is 1. The van der Waals surface area contributed by atoms with Crippen LogP contribution in [0.4, 0.5) is 4.79 Å². The van der Waals surface area contributed by atoms with Crippen LogP contribution in [0.1, 0.15) is 22.6 Å². The van der Waals surface area contributed by atoms with E-state index < -0.39 is 16.2 Å². The molecule has 1 aliphatic carbocycles. The average molecular weight is 526 g/mol. The van der Waals surface area contributed by atoms with Crippen LogP contribution in [0, 0.1) is 6.92 Å². The first-order valence-corrected chi connectivity index (χ1v) is 13.6. The smallest absolute Gasteiger partial charge is 0.407 e. The van der Waals surface area contributed by atoms with Gasteiger partial charge in [-0.2, -0.15) is 8.42 Å². The Hall–Kier alpha value is -3.24. The highest BCUT2D eigenvalue weighted by atomic mass is 32.2. The zero-order valence-corrected chi connectivity index (χ0v) is 21.5. The highest BCUT2D eigenvalue weighted by molar-refractivity contribution is 7.86. The van der Waals surface area contributed by atoms with Crippen LogP contribution in [0.3, 0.4) is 0 Å². The van der Waals surface area contributed by atoms with Crippen LogP contribution in [0.5, 0.6) is 0 Å². The molecule has 0 bridgehead atoms. The van der Waals surface area contributed by atoms with Gasteiger partial charge in [-0.3, -0.25) is 4.18 Å². The molecule has 37 heavy (non-hydrogen) atoms. The lowest BCUT2D eigenvalue weighted by Crippen LogP contribution is -2.29. The number of benzene rings is 3. The molecule has 9 heteroatoms. The third-order valence-corrected chi connectivity index (χ3v) is 7.33. The number of rotatable bonds is 13. The first-order chi connectivity index (χ1) is 18.0. The number of carbonyl (C=O) groups is 1. The van der Waals surface area contributed by atoms with Crippen LogP contribution in [-0.4, -0.2) is 60.7 Å². The number of hydrogen-bond acceptors (Lipinski definition) is 7. The maximum Gasteiger partial charge on any atom is 0.407 e. The maximum atomic E-state index is 12.2. The lowest BCUT2D eigenvalue weighted by molar-refractivity contribution is 0.0377. The molecule has 0 saturated heterocycles. The van der Waals surface area contributed by atoms with Gasteiger partial charge in [0.05, 0.1) is 37.9 Å². The second-order valence-corrected chi connectivity index (χ2v) is 10.2. The fourth-order valence-electron chi connectivity index (χ4n) is 4.17. The Labute approximate surface area is 217 Å². The van der Waals surface area contributed by atoms with Gasteiger partial charge < -0.3 is 19.5 Å². The van der Waals surface area contributed by atoms with E-state index >= 15 is 0 Å². The number of fused-ring (bicyclic) bond motifs is 3. The normalized spacial score (nSPS) is 12.7. The number of amides is 1. The van der Waals surface area contributed by atoms with Crippen molar-refractivity contribution in [2.75, 3.05) is 46.2 Å². The average Bonchev–Trinajstić information content (AvgIpc) is 3.22. The Balaban J connectivity index is 1.05. The minimum Gasteiger partial charge on any atom is -0.449 e. The molecule has 0 aliphatic heterocycles. The summed E-state index contributed by atoms with van der Waals surface area (Å²) in [6.07, 6.45) is -0.492. The summed E-state index contributed by atoms with van der Waals surface area (Å²) in [5, 5.41) is 2.69. The van der Waals surface area contributed by atoms with Gasteiger partial charge in [0.25, 0.3) is 10.1 Å². The molecule has 4 rings (SSSR count). The summed E-state index contributed by atoms with van der Waals surface area (Å²) in [7, 11) is -3.79. The van der Waals surface area contributed by atoms with Gasteiger partial charge in [-0.05, 0) is 41.3 Å². The second-order valence-electron chi connectivity index (χ2n) is 8.57. The molecule has 0 atom stereocenters. The van der Waals surface area contributed by atoms with Crippen molar-refractivity contribution in [3.05, 3.63) is 89.5 Å². The summed E-state index contributed by atoms with van der Waals surface area (Å²) < 4.78 is 45.4. The van der Waals surface area contributed by atoms with Crippen LogP contribution in [0.2, 0.25) is 0 Å². The zero-order chi connectivity index (χ0) is 26.1. The van der Waals surface area contributed by atoms with E-state index in [2.05, 4.69) is 29.6 Å². The van der Waals surface area contributed by atoms with Gasteiger partial charge in [-0.25, -0.2) is 4.79 Å². The topological polar surface area (TPSA) is 100 Å². The Kier molecular flexibility index (Phi) is 9.29. The van der Waals surface area contributed by atoms with E-state index in [1.807, 2.05) is 31.2 Å². The maximum absolute atomic E-state index is 12.2. The van der Waals surface area contributed by atoms with E-state index in [0.29, 0.717) is 19.8 Å². The lowest BCUT2D eigenvalue weighted by Gasteiger charge is -2.14. The molecular weight excluding hydrogens is 494 g/mol. The highest BCUT2D eigenvalue weighted by Gasteiger charge is 2.28. The largest absolute Gasteiger partial charge is 0.449 e. The fraction of sp³-hybridized carbons (Fsp3) is 0.321. The molecule has 0 aromatic heterocycles. The lowest BCUT2D eigenvalue weighted by atomic mass is 9.98. The first kappa shape index (κ1) is 26.8. The molecule has 3 aromatic rings. The fourth-order valence-corrected chi connectivity index (χ4v) is 5.07. The van der Waals surface area contributed by atoms with Gasteiger partial charge in [0, 0.05) is 12.5 Å². The van der Waals surface area contributed by atoms with Crippen molar-refractivity contribution >= 4 is 16.2 Å². The van der Waals surface area contributed by atoms with Crippen molar-refractivity contribution in [3.8, 4) is 11.1 Å². The predicted molar refractivity (Wildman–Crippen MR) is 139 cm³/mol. The van der Waals surface area contributed by atoms with E-state index in [1.165, 1.54) is 23.3 Å². The number of nitrogens with one attached hydrogen (secondary N) is 1. The minimum absolute atomic E-state index is 0.0161. The first-order valence-electron chi connectivity index (χ1n) is 12.2. The van der Waals surface area contributed by atoms with E-state index in [0.717, 1.165) is 16.7 Å². The van der Waals surface area contributed by atoms with Crippen molar-refractivity contribution in [2.45, 2.75) is 17.7 Å². The van der Waals surface area contributed by atoms with E-state index in [1.54, 1.807) is 12.1 Å². The molecule has 1 amide bonds. The molecule has 0 unspecified atom stereocenters. The monoisotopic (exact) mass is 525 g/mol.